The summed E-state index contributed by atoms with van der Waals surface area (Å²) in [4.78, 5) is 24.1. The minimum atomic E-state index is -4.49. The molecule has 0 saturated carbocycles. The van der Waals surface area contributed by atoms with Crippen LogP contribution >= 0.6 is 0 Å². The normalized spacial score (nSPS) is 11.0. The lowest BCUT2D eigenvalue weighted by Gasteiger charge is -2.19. The van der Waals surface area contributed by atoms with Crippen molar-refractivity contribution in [3.05, 3.63) is 23.8 Å². The Labute approximate surface area is 126 Å². The molecule has 0 spiro atoms. The average Bonchev–Trinajstić information content (AvgIpc) is 2.36. The third-order valence-electron chi connectivity index (χ3n) is 2.81. The van der Waals surface area contributed by atoms with Crippen molar-refractivity contribution >= 4 is 23.2 Å². The lowest BCUT2D eigenvalue weighted by atomic mass is 10.1. The lowest BCUT2D eigenvalue weighted by Crippen LogP contribution is -2.26. The summed E-state index contributed by atoms with van der Waals surface area (Å²) in [7, 11) is 3.32. The molecule has 0 fully saturated rings. The Bertz CT molecular complexity index is 557. The average molecular weight is 317 g/mol. The van der Waals surface area contributed by atoms with Gasteiger partial charge in [0.25, 0.3) is 0 Å². The second kappa shape index (κ2) is 7.15. The van der Waals surface area contributed by atoms with Crippen LogP contribution in [0.15, 0.2) is 18.2 Å². The summed E-state index contributed by atoms with van der Waals surface area (Å²) in [5.74, 6) is -0.753. The molecule has 1 rings (SSSR count). The number of anilines is 2. The third-order valence-corrected chi connectivity index (χ3v) is 2.81. The van der Waals surface area contributed by atoms with Gasteiger partial charge in [0.1, 0.15) is 0 Å². The van der Waals surface area contributed by atoms with Crippen molar-refractivity contribution in [3.8, 4) is 0 Å². The molecule has 0 radical (unpaired) electrons. The largest absolute Gasteiger partial charge is 0.416 e. The van der Waals surface area contributed by atoms with Gasteiger partial charge in [-0.1, -0.05) is 0 Å². The third kappa shape index (κ3) is 5.27. The molecule has 5 nitrogen and oxygen atoms in total. The van der Waals surface area contributed by atoms with Crippen LogP contribution in [0, 0.1) is 0 Å². The second-order valence-electron chi connectivity index (χ2n) is 4.91. The van der Waals surface area contributed by atoms with E-state index in [0.717, 1.165) is 12.1 Å². The monoisotopic (exact) mass is 317 g/mol. The highest BCUT2D eigenvalue weighted by Gasteiger charge is 2.31. The second-order valence-corrected chi connectivity index (χ2v) is 4.91. The first-order valence-electron chi connectivity index (χ1n) is 6.54. The van der Waals surface area contributed by atoms with E-state index in [1.165, 1.54) is 13.0 Å². The van der Waals surface area contributed by atoms with Gasteiger partial charge in [0.2, 0.25) is 11.8 Å². The molecule has 2 amide bonds. The van der Waals surface area contributed by atoms with Gasteiger partial charge < -0.3 is 15.5 Å². The summed E-state index contributed by atoms with van der Waals surface area (Å²) < 4.78 is 38.3. The Hall–Kier alpha value is -2.25. The Kier molecular flexibility index (Phi) is 5.78. The molecule has 0 atom stereocenters. The molecule has 0 saturated heterocycles. The summed E-state index contributed by atoms with van der Waals surface area (Å²) in [6.07, 6.45) is -4.51. The standard InChI is InChI=1S/C14H18F3N3O2/c1-9(21)18-7-6-13(22)19-11-8-10(14(15,16)17)4-5-12(11)20(2)3/h4-5,8H,6-7H2,1-3H3,(H,18,21)(H,19,22). The highest BCUT2D eigenvalue weighted by atomic mass is 19.4. The van der Waals surface area contributed by atoms with Crippen LogP contribution in [-0.2, 0) is 15.8 Å². The Morgan fingerprint density at radius 1 is 1.23 bits per heavy atom. The number of halogens is 3. The number of carbonyl (C=O) groups is 2. The summed E-state index contributed by atoms with van der Waals surface area (Å²) in [6.45, 7) is 1.44. The van der Waals surface area contributed by atoms with E-state index >= 15 is 0 Å². The molecular weight excluding hydrogens is 299 g/mol. The van der Waals surface area contributed by atoms with Gasteiger partial charge in [-0.25, -0.2) is 0 Å². The maximum atomic E-state index is 12.8. The fourth-order valence-corrected chi connectivity index (χ4v) is 1.77. The van der Waals surface area contributed by atoms with Crippen molar-refractivity contribution in [3.63, 3.8) is 0 Å². The molecule has 0 aromatic heterocycles. The van der Waals surface area contributed by atoms with Crippen molar-refractivity contribution in [1.29, 1.82) is 0 Å². The number of alkyl halides is 3. The smallest absolute Gasteiger partial charge is 0.376 e. The van der Waals surface area contributed by atoms with Gasteiger partial charge in [0, 0.05) is 34.0 Å². The minimum Gasteiger partial charge on any atom is -0.376 e. The molecule has 0 bridgehead atoms. The molecular formula is C14H18F3N3O2. The van der Waals surface area contributed by atoms with Crippen molar-refractivity contribution in [2.45, 2.75) is 19.5 Å². The van der Waals surface area contributed by atoms with Gasteiger partial charge in [0.15, 0.2) is 0 Å². The zero-order valence-electron chi connectivity index (χ0n) is 12.5. The lowest BCUT2D eigenvalue weighted by molar-refractivity contribution is -0.137. The van der Waals surface area contributed by atoms with E-state index in [0.29, 0.717) is 5.69 Å². The summed E-state index contributed by atoms with van der Waals surface area (Å²) in [5.41, 5.74) is -0.302. The Morgan fingerprint density at radius 3 is 2.36 bits per heavy atom. The first-order valence-corrected chi connectivity index (χ1v) is 6.54. The van der Waals surface area contributed by atoms with Crippen LogP contribution in [0.2, 0.25) is 0 Å². The van der Waals surface area contributed by atoms with Crippen LogP contribution in [0.4, 0.5) is 24.5 Å². The van der Waals surface area contributed by atoms with Gasteiger partial charge >= 0.3 is 6.18 Å². The van der Waals surface area contributed by atoms with Gasteiger partial charge in [-0.05, 0) is 18.2 Å². The number of hydrogen-bond donors (Lipinski definition) is 2. The highest BCUT2D eigenvalue weighted by Crippen LogP contribution is 2.34. The van der Waals surface area contributed by atoms with Crippen molar-refractivity contribution in [2.75, 3.05) is 30.9 Å². The van der Waals surface area contributed by atoms with E-state index in [1.54, 1.807) is 19.0 Å². The fourth-order valence-electron chi connectivity index (χ4n) is 1.77. The highest BCUT2D eigenvalue weighted by molar-refractivity contribution is 5.94. The van der Waals surface area contributed by atoms with Crippen LogP contribution in [0.25, 0.3) is 0 Å². The first-order chi connectivity index (χ1) is 10.1. The molecule has 0 aliphatic rings. The van der Waals surface area contributed by atoms with E-state index in [-0.39, 0.29) is 24.6 Å². The predicted molar refractivity (Wildman–Crippen MR) is 77.7 cm³/mol. The van der Waals surface area contributed by atoms with Crippen LogP contribution in [-0.4, -0.2) is 32.5 Å². The number of benzene rings is 1. The van der Waals surface area contributed by atoms with Gasteiger partial charge in [-0.3, -0.25) is 9.59 Å². The maximum absolute atomic E-state index is 12.8. The quantitative estimate of drug-likeness (QED) is 0.875. The van der Waals surface area contributed by atoms with Crippen molar-refractivity contribution < 1.29 is 22.8 Å². The zero-order chi connectivity index (χ0) is 16.9. The number of nitrogens with zero attached hydrogens (tertiary/aromatic N) is 1. The maximum Gasteiger partial charge on any atom is 0.416 e. The summed E-state index contributed by atoms with van der Waals surface area (Å²) >= 11 is 0. The van der Waals surface area contributed by atoms with Crippen LogP contribution in [0.3, 0.4) is 0 Å². The number of amides is 2. The first kappa shape index (κ1) is 17.8. The van der Waals surface area contributed by atoms with E-state index in [4.69, 9.17) is 0 Å². The number of carbonyl (C=O) groups excluding carboxylic acids is 2. The van der Waals surface area contributed by atoms with E-state index < -0.39 is 17.6 Å². The van der Waals surface area contributed by atoms with E-state index in [2.05, 4.69) is 10.6 Å². The van der Waals surface area contributed by atoms with Gasteiger partial charge in [-0.15, -0.1) is 0 Å². The fraction of sp³-hybridized carbons (Fsp3) is 0.429. The predicted octanol–water partition coefficient (Wildman–Crippen LogP) is 2.24. The van der Waals surface area contributed by atoms with E-state index in [1.807, 2.05) is 0 Å². The Balaban J connectivity index is 2.90. The Morgan fingerprint density at radius 2 is 1.86 bits per heavy atom. The molecule has 122 valence electrons. The zero-order valence-corrected chi connectivity index (χ0v) is 12.5. The molecule has 0 unspecified atom stereocenters. The number of hydrogen-bond acceptors (Lipinski definition) is 3. The number of rotatable bonds is 5. The van der Waals surface area contributed by atoms with Crippen LogP contribution in [0.5, 0.6) is 0 Å². The van der Waals surface area contributed by atoms with E-state index in [9.17, 15) is 22.8 Å². The van der Waals surface area contributed by atoms with Gasteiger partial charge in [-0.2, -0.15) is 13.2 Å². The minimum absolute atomic E-state index is 0.0251. The number of nitrogens with one attached hydrogen (secondary N) is 2. The van der Waals surface area contributed by atoms with Crippen molar-refractivity contribution in [1.82, 2.24) is 5.32 Å². The molecule has 1 aromatic rings. The topological polar surface area (TPSA) is 61.4 Å². The molecule has 8 heteroatoms. The molecule has 1 aromatic carbocycles. The van der Waals surface area contributed by atoms with Crippen molar-refractivity contribution in [2.24, 2.45) is 0 Å². The molecule has 0 aliphatic carbocycles. The molecule has 0 heterocycles. The summed E-state index contributed by atoms with van der Waals surface area (Å²) in [6, 6.07) is 3.15. The summed E-state index contributed by atoms with van der Waals surface area (Å²) in [5, 5.41) is 4.89. The molecule has 22 heavy (non-hydrogen) atoms. The van der Waals surface area contributed by atoms with Crippen LogP contribution in [0.1, 0.15) is 18.9 Å². The SMILES string of the molecule is CC(=O)NCCC(=O)Nc1cc(C(F)(F)F)ccc1N(C)C. The molecule has 0 aliphatic heterocycles. The van der Waals surface area contributed by atoms with Gasteiger partial charge in [0.05, 0.1) is 16.9 Å². The van der Waals surface area contributed by atoms with Crippen LogP contribution < -0.4 is 15.5 Å². The molecule has 2 N–H and O–H groups in total.